The predicted octanol–water partition coefficient (Wildman–Crippen LogP) is 6.19. The van der Waals surface area contributed by atoms with Crippen LogP contribution in [0.15, 0.2) is 71.7 Å². The van der Waals surface area contributed by atoms with Crippen molar-refractivity contribution in [3.63, 3.8) is 0 Å². The maximum Gasteiger partial charge on any atom is 0.225 e. The molecule has 5 rings (SSSR count). The number of hydrogen-bond acceptors (Lipinski definition) is 5. The van der Waals surface area contributed by atoms with Gasteiger partial charge in [0.1, 0.15) is 5.83 Å². The van der Waals surface area contributed by atoms with E-state index < -0.39 is 5.83 Å². The van der Waals surface area contributed by atoms with Gasteiger partial charge in [0.25, 0.3) is 0 Å². The Morgan fingerprint density at radius 1 is 1.26 bits per heavy atom. The molecule has 3 N–H and O–H groups in total. The lowest BCUT2D eigenvalue weighted by atomic mass is 9.89. The van der Waals surface area contributed by atoms with Gasteiger partial charge in [0.2, 0.25) is 5.95 Å². The number of rotatable bonds is 4. The van der Waals surface area contributed by atoms with Crippen LogP contribution in [0.1, 0.15) is 42.6 Å². The number of hydrogen-bond donors (Lipinski definition) is 2. The first-order valence-electron chi connectivity index (χ1n) is 11.7. The molecule has 3 aromatic rings. The van der Waals surface area contributed by atoms with Crippen molar-refractivity contribution in [1.29, 1.82) is 0 Å². The lowest BCUT2D eigenvalue weighted by Crippen LogP contribution is -2.34. The van der Waals surface area contributed by atoms with E-state index in [4.69, 9.17) is 15.7 Å². The number of thioether (sulfide) groups is 1. The van der Waals surface area contributed by atoms with Gasteiger partial charge in [0, 0.05) is 48.1 Å². The number of nitrogens with two attached hydrogens (primary N) is 1. The van der Waals surface area contributed by atoms with Crippen LogP contribution in [-0.2, 0) is 6.42 Å². The van der Waals surface area contributed by atoms with Crippen LogP contribution in [0.3, 0.4) is 0 Å². The molecule has 0 bridgehead atoms. The van der Waals surface area contributed by atoms with Crippen LogP contribution >= 0.6 is 11.8 Å². The molecule has 2 aliphatic heterocycles. The predicted molar refractivity (Wildman–Crippen MR) is 141 cm³/mol. The summed E-state index contributed by atoms with van der Waals surface area (Å²) in [5.74, 6) is 2.19. The Morgan fingerprint density at radius 2 is 2.03 bits per heavy atom. The fourth-order valence-corrected chi connectivity index (χ4v) is 5.67. The van der Waals surface area contributed by atoms with Crippen molar-refractivity contribution in [2.75, 3.05) is 23.7 Å². The third-order valence-corrected chi connectivity index (χ3v) is 7.43. The van der Waals surface area contributed by atoms with E-state index in [0.717, 1.165) is 49.7 Å². The molecule has 4 heterocycles. The molecular weight excluding hydrogens is 445 g/mol. The highest BCUT2D eigenvalue weighted by Gasteiger charge is 2.26. The minimum atomic E-state index is -0.523. The fourth-order valence-electron chi connectivity index (χ4n) is 4.60. The molecule has 178 valence electrons. The summed E-state index contributed by atoms with van der Waals surface area (Å²) in [4.78, 5) is 16.8. The maximum absolute atomic E-state index is 11.9. The van der Waals surface area contributed by atoms with Crippen LogP contribution in [0.5, 0.6) is 0 Å². The van der Waals surface area contributed by atoms with Crippen molar-refractivity contribution < 1.29 is 4.39 Å². The number of aryl methyl sites for hydroxylation is 2. The second kappa shape index (κ2) is 10.9. The third-order valence-electron chi connectivity index (χ3n) is 6.20. The summed E-state index contributed by atoms with van der Waals surface area (Å²) in [6.07, 6.45) is 10.1. The molecular formula is C27H32FN5S. The molecule has 0 spiro atoms. The Morgan fingerprint density at radius 3 is 2.76 bits per heavy atom. The van der Waals surface area contributed by atoms with Crippen LogP contribution in [0, 0.1) is 6.92 Å². The lowest BCUT2D eigenvalue weighted by Gasteiger charge is -2.32. The Bertz CT molecular complexity index is 1220. The number of aromatic nitrogens is 3. The minimum absolute atomic E-state index is 0.380. The van der Waals surface area contributed by atoms with Crippen molar-refractivity contribution in [2.45, 2.75) is 43.9 Å². The Balaban J connectivity index is 0.000000262. The summed E-state index contributed by atoms with van der Waals surface area (Å²) >= 11 is 1.90. The number of allylic oxidation sites excluding steroid dienone is 4. The number of H-pyrrole nitrogens is 1. The first-order chi connectivity index (χ1) is 16.5. The number of nitrogens with zero attached hydrogens (tertiary/aromatic N) is 3. The molecule has 1 aromatic carbocycles. The molecule has 2 aromatic heterocycles. The van der Waals surface area contributed by atoms with E-state index in [-0.39, 0.29) is 0 Å². The highest BCUT2D eigenvalue weighted by molar-refractivity contribution is 7.99. The largest absolute Gasteiger partial charge is 0.399 e. The molecule has 0 unspecified atom stereocenters. The van der Waals surface area contributed by atoms with Crippen LogP contribution in [0.2, 0.25) is 0 Å². The summed E-state index contributed by atoms with van der Waals surface area (Å²) in [6, 6.07) is 8.62. The minimum Gasteiger partial charge on any atom is -0.399 e. The molecule has 0 saturated carbocycles. The van der Waals surface area contributed by atoms with Crippen molar-refractivity contribution in [3.8, 4) is 0 Å². The highest BCUT2D eigenvalue weighted by atomic mass is 32.2. The molecule has 0 atom stereocenters. The van der Waals surface area contributed by atoms with Gasteiger partial charge in [-0.25, -0.2) is 14.4 Å². The molecule has 5 nitrogen and oxygen atoms in total. The Hall–Kier alpha value is -3.06. The zero-order valence-corrected chi connectivity index (χ0v) is 20.7. The molecule has 1 fully saturated rings. The molecule has 1 saturated heterocycles. The van der Waals surface area contributed by atoms with Crippen molar-refractivity contribution in [3.05, 3.63) is 83.7 Å². The second-order valence-electron chi connectivity index (χ2n) is 8.63. The van der Waals surface area contributed by atoms with Crippen LogP contribution < -0.4 is 10.6 Å². The average Bonchev–Trinajstić information content (AvgIpc) is 3.47. The first kappa shape index (κ1) is 24.1. The maximum atomic E-state index is 11.9. The summed E-state index contributed by atoms with van der Waals surface area (Å²) < 4.78 is 11.9. The molecule has 0 radical (unpaired) electrons. The van der Waals surface area contributed by atoms with Gasteiger partial charge in [-0.2, -0.15) is 0 Å². The summed E-state index contributed by atoms with van der Waals surface area (Å²) in [6.45, 7) is 9.03. The average molecular weight is 478 g/mol. The SMILES string of the molecule is C=C(F)/C=C(N)\C=C/C.Cc1nc(N2CCC(c3c[nH]c4ccccc34)CC2)nc2c1SCC2. The number of aromatic amines is 1. The molecule has 0 aliphatic carbocycles. The Kier molecular flexibility index (Phi) is 7.73. The van der Waals surface area contributed by atoms with E-state index in [1.54, 1.807) is 12.2 Å². The van der Waals surface area contributed by atoms with E-state index in [1.807, 2.05) is 18.7 Å². The molecule has 0 amide bonds. The van der Waals surface area contributed by atoms with Crippen LogP contribution in [0.4, 0.5) is 10.3 Å². The van der Waals surface area contributed by atoms with E-state index in [1.165, 1.54) is 33.1 Å². The van der Waals surface area contributed by atoms with Gasteiger partial charge < -0.3 is 15.6 Å². The van der Waals surface area contributed by atoms with E-state index in [0.29, 0.717) is 11.6 Å². The number of fused-ring (bicyclic) bond motifs is 2. The van der Waals surface area contributed by atoms with Crippen molar-refractivity contribution >= 4 is 28.6 Å². The monoisotopic (exact) mass is 477 g/mol. The molecule has 2 aliphatic rings. The van der Waals surface area contributed by atoms with Crippen molar-refractivity contribution in [1.82, 2.24) is 15.0 Å². The number of benzene rings is 1. The zero-order chi connectivity index (χ0) is 24.1. The first-order valence-corrected chi connectivity index (χ1v) is 12.7. The summed E-state index contributed by atoms with van der Waals surface area (Å²) in [5.41, 5.74) is 10.8. The van der Waals surface area contributed by atoms with Gasteiger partial charge in [0.15, 0.2) is 0 Å². The third kappa shape index (κ3) is 5.53. The van der Waals surface area contributed by atoms with Gasteiger partial charge in [-0.05, 0) is 56.4 Å². The zero-order valence-electron chi connectivity index (χ0n) is 19.9. The number of halogens is 1. The van der Waals surface area contributed by atoms with Gasteiger partial charge in [0.05, 0.1) is 16.3 Å². The van der Waals surface area contributed by atoms with Crippen molar-refractivity contribution in [2.24, 2.45) is 5.73 Å². The van der Waals surface area contributed by atoms with E-state index >= 15 is 0 Å². The number of nitrogens with one attached hydrogen (secondary N) is 1. The van der Waals surface area contributed by atoms with Crippen LogP contribution in [0.25, 0.3) is 10.9 Å². The van der Waals surface area contributed by atoms with Crippen LogP contribution in [-0.4, -0.2) is 33.8 Å². The normalized spacial score (nSPS) is 16.6. The quantitative estimate of drug-likeness (QED) is 0.439. The Labute approximate surface area is 205 Å². The molecule has 7 heteroatoms. The fraction of sp³-hybridized carbons (Fsp3) is 0.333. The van der Waals surface area contributed by atoms with E-state index in [2.05, 4.69) is 53.8 Å². The second-order valence-corrected chi connectivity index (χ2v) is 9.73. The van der Waals surface area contributed by atoms with Gasteiger partial charge in [-0.15, -0.1) is 11.8 Å². The van der Waals surface area contributed by atoms with Gasteiger partial charge >= 0.3 is 0 Å². The van der Waals surface area contributed by atoms with E-state index in [9.17, 15) is 4.39 Å². The number of piperidine rings is 1. The number of para-hydroxylation sites is 1. The highest BCUT2D eigenvalue weighted by Crippen LogP contribution is 2.36. The summed E-state index contributed by atoms with van der Waals surface area (Å²) in [5, 5.41) is 1.38. The topological polar surface area (TPSA) is 70.8 Å². The van der Waals surface area contributed by atoms with Gasteiger partial charge in [-0.1, -0.05) is 30.9 Å². The summed E-state index contributed by atoms with van der Waals surface area (Å²) in [7, 11) is 0. The number of anilines is 1. The lowest BCUT2D eigenvalue weighted by molar-refractivity contribution is 0.500. The standard InChI is InChI=1S/C20H22N4S.C7H10FN/c1-13-19-18(8-11-25-19)23-20(22-13)24-9-6-14(7-10-24)16-12-21-17-5-3-2-4-15(16)17;1-3-4-7(9)5-6(2)8/h2-5,12,14,21H,6-11H2,1H3;3-5H,2,9H2,1H3/b;4-3-,7-5+. The van der Waals surface area contributed by atoms with Gasteiger partial charge in [-0.3, -0.25) is 0 Å². The molecule has 34 heavy (non-hydrogen) atoms. The smallest absolute Gasteiger partial charge is 0.225 e.